The molecule has 0 saturated heterocycles. The molecule has 6 nitrogen and oxygen atoms in total. The van der Waals surface area contributed by atoms with Crippen LogP contribution in [0.4, 0.5) is 5.13 Å². The van der Waals surface area contributed by atoms with Crippen LogP contribution in [0.3, 0.4) is 0 Å². The number of benzene rings is 2. The lowest BCUT2D eigenvalue weighted by Crippen LogP contribution is -2.12. The molecule has 0 aliphatic carbocycles. The first-order valence-electron chi connectivity index (χ1n) is 9.91. The first kappa shape index (κ1) is 21.8. The smallest absolute Gasteiger partial charge is 0.226 e. The quantitative estimate of drug-likeness (QED) is 0.358. The van der Waals surface area contributed by atoms with E-state index in [-0.39, 0.29) is 5.91 Å². The third-order valence-corrected chi connectivity index (χ3v) is 6.65. The van der Waals surface area contributed by atoms with Crippen LogP contribution >= 0.6 is 23.1 Å². The Labute approximate surface area is 194 Å². The number of fused-ring (bicyclic) bond motifs is 1. The molecule has 32 heavy (non-hydrogen) atoms. The van der Waals surface area contributed by atoms with Gasteiger partial charge in [-0.1, -0.05) is 17.4 Å². The van der Waals surface area contributed by atoms with Crippen molar-refractivity contribution in [2.24, 2.45) is 0 Å². The van der Waals surface area contributed by atoms with E-state index >= 15 is 0 Å². The van der Waals surface area contributed by atoms with E-state index in [4.69, 9.17) is 4.74 Å². The Morgan fingerprint density at radius 2 is 1.97 bits per heavy atom. The molecule has 0 saturated carbocycles. The summed E-state index contributed by atoms with van der Waals surface area (Å²) < 4.78 is 6.25. The Bertz CT molecular complexity index is 1310. The van der Waals surface area contributed by atoms with E-state index in [1.165, 1.54) is 23.1 Å². The van der Waals surface area contributed by atoms with Crippen molar-refractivity contribution < 1.29 is 9.53 Å². The summed E-state index contributed by atoms with van der Waals surface area (Å²) in [4.78, 5) is 21.5. The Morgan fingerprint density at radius 1 is 1.16 bits per heavy atom. The average Bonchev–Trinajstić information content (AvgIpc) is 3.20. The molecule has 4 rings (SSSR count). The van der Waals surface area contributed by atoms with Crippen LogP contribution in [0.5, 0.6) is 5.75 Å². The van der Waals surface area contributed by atoms with Crippen molar-refractivity contribution in [2.75, 3.05) is 18.2 Å². The van der Waals surface area contributed by atoms with Crippen molar-refractivity contribution in [2.45, 2.75) is 18.4 Å². The van der Waals surface area contributed by atoms with Gasteiger partial charge in [0.1, 0.15) is 16.8 Å². The average molecular weight is 461 g/mol. The predicted octanol–water partition coefficient (Wildman–Crippen LogP) is 5.67. The molecule has 0 unspecified atom stereocenters. The molecule has 0 spiro atoms. The number of thiazole rings is 1. The summed E-state index contributed by atoms with van der Waals surface area (Å²) in [7, 11) is 1.62. The Morgan fingerprint density at radius 3 is 2.72 bits per heavy atom. The van der Waals surface area contributed by atoms with E-state index in [1.807, 2.05) is 49.4 Å². The first-order valence-corrected chi connectivity index (χ1v) is 11.7. The molecule has 8 heteroatoms. The number of amides is 1. The number of rotatable bonds is 7. The molecule has 1 amide bonds. The molecule has 1 N–H and O–H groups in total. The molecule has 0 radical (unpaired) electrons. The van der Waals surface area contributed by atoms with Crippen molar-refractivity contribution in [3.63, 3.8) is 0 Å². The van der Waals surface area contributed by atoms with Gasteiger partial charge in [-0.05, 0) is 61.0 Å². The molecule has 160 valence electrons. The fraction of sp³-hybridized carbons (Fsp3) is 0.167. The van der Waals surface area contributed by atoms with Gasteiger partial charge >= 0.3 is 0 Å². The molecular weight excluding hydrogens is 440 g/mol. The molecular formula is C24H20N4O2S2. The standard InChI is InChI=1S/C24H20N4O2S2/c1-15-3-9-20-21(13-15)32-24(27-20)28-22(29)11-12-31-23-17(14-25)6-10-19(26-23)16-4-7-18(30-2)8-5-16/h3-10,13H,11-12H2,1-2H3,(H,27,28,29). The number of nitriles is 1. The van der Waals surface area contributed by atoms with Gasteiger partial charge in [-0.2, -0.15) is 5.26 Å². The van der Waals surface area contributed by atoms with Crippen LogP contribution in [0, 0.1) is 18.3 Å². The zero-order valence-corrected chi connectivity index (χ0v) is 19.2. The second kappa shape index (κ2) is 9.81. The van der Waals surface area contributed by atoms with E-state index in [2.05, 4.69) is 27.4 Å². The maximum atomic E-state index is 12.4. The molecule has 0 atom stereocenters. The number of hydrogen-bond acceptors (Lipinski definition) is 7. The molecule has 0 aliphatic heterocycles. The lowest BCUT2D eigenvalue weighted by molar-refractivity contribution is -0.115. The molecule has 2 heterocycles. The zero-order chi connectivity index (χ0) is 22.5. The molecule has 0 bridgehead atoms. The predicted molar refractivity (Wildman–Crippen MR) is 129 cm³/mol. The van der Waals surface area contributed by atoms with E-state index in [0.29, 0.717) is 27.9 Å². The number of aromatic nitrogens is 2. The topological polar surface area (TPSA) is 87.9 Å². The largest absolute Gasteiger partial charge is 0.497 e. The number of nitrogens with zero attached hydrogens (tertiary/aromatic N) is 3. The third kappa shape index (κ3) is 5.07. The Balaban J connectivity index is 1.39. The summed E-state index contributed by atoms with van der Waals surface area (Å²) in [6.45, 7) is 2.03. The number of methoxy groups -OCH3 is 1. The summed E-state index contributed by atoms with van der Waals surface area (Å²) in [6.07, 6.45) is 0.291. The SMILES string of the molecule is COc1ccc(-c2ccc(C#N)c(SCCC(=O)Nc3nc4ccc(C)cc4s3)n2)cc1. The number of nitrogens with one attached hydrogen (secondary N) is 1. The number of anilines is 1. The van der Waals surface area contributed by atoms with E-state index in [1.54, 1.807) is 13.2 Å². The van der Waals surface area contributed by atoms with Gasteiger partial charge < -0.3 is 10.1 Å². The van der Waals surface area contributed by atoms with Crippen LogP contribution in [0.15, 0.2) is 59.6 Å². The van der Waals surface area contributed by atoms with Crippen LogP contribution in [-0.4, -0.2) is 28.7 Å². The minimum absolute atomic E-state index is 0.113. The van der Waals surface area contributed by atoms with Gasteiger partial charge in [0.05, 0.1) is 28.6 Å². The lowest BCUT2D eigenvalue weighted by Gasteiger charge is -2.07. The minimum atomic E-state index is -0.113. The van der Waals surface area contributed by atoms with Crippen molar-refractivity contribution in [1.82, 2.24) is 9.97 Å². The highest BCUT2D eigenvalue weighted by Crippen LogP contribution is 2.28. The maximum absolute atomic E-state index is 12.4. The van der Waals surface area contributed by atoms with Gasteiger partial charge in [-0.15, -0.1) is 11.8 Å². The lowest BCUT2D eigenvalue weighted by atomic mass is 10.1. The molecule has 0 aliphatic rings. The number of hydrogen-bond donors (Lipinski definition) is 1. The van der Waals surface area contributed by atoms with Crippen molar-refractivity contribution >= 4 is 44.4 Å². The zero-order valence-electron chi connectivity index (χ0n) is 17.6. The highest BCUT2D eigenvalue weighted by atomic mass is 32.2. The van der Waals surface area contributed by atoms with Gasteiger partial charge in [0.25, 0.3) is 0 Å². The van der Waals surface area contributed by atoms with Crippen molar-refractivity contribution in [3.8, 4) is 23.1 Å². The summed E-state index contributed by atoms with van der Waals surface area (Å²) >= 11 is 2.86. The minimum Gasteiger partial charge on any atom is -0.497 e. The number of thioether (sulfide) groups is 1. The van der Waals surface area contributed by atoms with Gasteiger partial charge in [0.2, 0.25) is 5.91 Å². The van der Waals surface area contributed by atoms with Crippen molar-refractivity contribution in [3.05, 3.63) is 65.7 Å². The van der Waals surface area contributed by atoms with E-state index < -0.39 is 0 Å². The van der Waals surface area contributed by atoms with Crippen LogP contribution in [0.1, 0.15) is 17.5 Å². The fourth-order valence-electron chi connectivity index (χ4n) is 3.07. The van der Waals surface area contributed by atoms with Gasteiger partial charge in [0.15, 0.2) is 5.13 Å². The number of carbonyl (C=O) groups is 1. The summed E-state index contributed by atoms with van der Waals surface area (Å²) in [5.74, 6) is 1.16. The number of carbonyl (C=O) groups excluding carboxylic acids is 1. The molecule has 2 aromatic carbocycles. The number of aryl methyl sites for hydroxylation is 1. The Kier molecular flexibility index (Phi) is 6.69. The molecule has 4 aromatic rings. The fourth-order valence-corrected chi connectivity index (χ4v) is 4.96. The van der Waals surface area contributed by atoms with Gasteiger partial charge in [0, 0.05) is 17.7 Å². The van der Waals surface area contributed by atoms with Gasteiger partial charge in [-0.25, -0.2) is 9.97 Å². The highest BCUT2D eigenvalue weighted by Gasteiger charge is 2.11. The van der Waals surface area contributed by atoms with Crippen molar-refractivity contribution in [1.29, 1.82) is 5.26 Å². The Hall–Kier alpha value is -3.41. The monoisotopic (exact) mass is 460 g/mol. The highest BCUT2D eigenvalue weighted by molar-refractivity contribution is 7.99. The van der Waals surface area contributed by atoms with Crippen LogP contribution in [0.2, 0.25) is 0 Å². The molecule has 2 aromatic heterocycles. The van der Waals surface area contributed by atoms with Crippen LogP contribution in [0.25, 0.3) is 21.5 Å². The normalized spacial score (nSPS) is 10.7. The van der Waals surface area contributed by atoms with Crippen LogP contribution < -0.4 is 10.1 Å². The summed E-state index contributed by atoms with van der Waals surface area (Å²) in [5.41, 5.74) is 4.23. The number of pyridine rings is 1. The second-order valence-electron chi connectivity index (χ2n) is 7.03. The second-order valence-corrected chi connectivity index (χ2v) is 9.14. The van der Waals surface area contributed by atoms with E-state index in [9.17, 15) is 10.1 Å². The molecule has 0 fully saturated rings. The number of ether oxygens (including phenoxy) is 1. The van der Waals surface area contributed by atoms with Crippen LogP contribution in [-0.2, 0) is 4.79 Å². The van der Waals surface area contributed by atoms with Gasteiger partial charge in [-0.3, -0.25) is 4.79 Å². The third-order valence-electron chi connectivity index (χ3n) is 4.72. The summed E-state index contributed by atoms with van der Waals surface area (Å²) in [6, 6.07) is 19.4. The van der Waals surface area contributed by atoms with E-state index in [0.717, 1.165) is 32.8 Å². The first-order chi connectivity index (χ1) is 15.6. The summed E-state index contributed by atoms with van der Waals surface area (Å²) in [5, 5.41) is 13.5. The maximum Gasteiger partial charge on any atom is 0.226 e.